The molecular formula is C9H7Cl2NO4. The van der Waals surface area contributed by atoms with E-state index >= 15 is 0 Å². The van der Waals surface area contributed by atoms with Crippen LogP contribution < -0.4 is 5.48 Å². The van der Waals surface area contributed by atoms with E-state index in [9.17, 15) is 9.59 Å². The van der Waals surface area contributed by atoms with Crippen molar-refractivity contribution in [2.75, 3.05) is 0 Å². The number of alkyl halides is 1. The van der Waals surface area contributed by atoms with Gasteiger partial charge >= 0.3 is 5.97 Å². The molecule has 16 heavy (non-hydrogen) atoms. The fraction of sp³-hybridized carbons (Fsp3) is 0.111. The fourth-order valence-corrected chi connectivity index (χ4v) is 1.12. The van der Waals surface area contributed by atoms with E-state index in [-0.39, 0.29) is 10.6 Å². The molecule has 0 aliphatic carbocycles. The summed E-state index contributed by atoms with van der Waals surface area (Å²) >= 11 is 10.9. The number of halogens is 2. The molecule has 1 atom stereocenters. The lowest BCUT2D eigenvalue weighted by atomic mass is 10.2. The first-order valence-corrected chi connectivity index (χ1v) is 4.91. The van der Waals surface area contributed by atoms with Crippen LogP contribution in [0.25, 0.3) is 0 Å². The number of carbonyl (C=O) groups is 2. The maximum absolute atomic E-state index is 11.4. The van der Waals surface area contributed by atoms with Crippen LogP contribution in [0.4, 0.5) is 0 Å². The van der Waals surface area contributed by atoms with Crippen LogP contribution in [0.1, 0.15) is 10.4 Å². The van der Waals surface area contributed by atoms with E-state index in [4.69, 9.17) is 28.3 Å². The van der Waals surface area contributed by atoms with E-state index in [0.29, 0.717) is 0 Å². The van der Waals surface area contributed by atoms with Gasteiger partial charge in [0.25, 0.3) is 11.5 Å². The van der Waals surface area contributed by atoms with Crippen LogP contribution in [-0.4, -0.2) is 22.5 Å². The molecule has 1 aromatic rings. The van der Waals surface area contributed by atoms with E-state index in [1.807, 2.05) is 5.48 Å². The van der Waals surface area contributed by atoms with Gasteiger partial charge in [0.15, 0.2) is 0 Å². The summed E-state index contributed by atoms with van der Waals surface area (Å²) in [4.78, 5) is 26.1. The Bertz CT molecular complexity index is 410. The number of nitrogens with one attached hydrogen (secondary N) is 1. The first-order chi connectivity index (χ1) is 7.52. The molecule has 5 nitrogen and oxygen atoms in total. The Morgan fingerprint density at radius 1 is 1.38 bits per heavy atom. The van der Waals surface area contributed by atoms with E-state index in [2.05, 4.69) is 4.84 Å². The number of hydrogen-bond acceptors (Lipinski definition) is 3. The van der Waals surface area contributed by atoms with Gasteiger partial charge < -0.3 is 5.11 Å². The summed E-state index contributed by atoms with van der Waals surface area (Å²) in [6, 6.07) is 6.24. The normalized spacial score (nSPS) is 11.9. The molecule has 0 fully saturated rings. The third-order valence-corrected chi connectivity index (χ3v) is 2.17. The molecule has 0 aliphatic heterocycles. The highest BCUT2D eigenvalue weighted by Gasteiger charge is 2.17. The van der Waals surface area contributed by atoms with Crippen molar-refractivity contribution in [3.63, 3.8) is 0 Å². The van der Waals surface area contributed by atoms with E-state index in [0.717, 1.165) is 0 Å². The second kappa shape index (κ2) is 5.69. The summed E-state index contributed by atoms with van der Waals surface area (Å²) in [6.45, 7) is 0. The van der Waals surface area contributed by atoms with Crippen molar-refractivity contribution in [1.29, 1.82) is 0 Å². The van der Waals surface area contributed by atoms with Crippen molar-refractivity contribution in [2.24, 2.45) is 0 Å². The number of aliphatic carboxylic acids is 1. The average molecular weight is 264 g/mol. The smallest absolute Gasteiger partial charge is 0.351 e. The van der Waals surface area contributed by atoms with Crippen molar-refractivity contribution < 1.29 is 19.5 Å². The van der Waals surface area contributed by atoms with Crippen molar-refractivity contribution in [3.8, 4) is 0 Å². The number of amides is 1. The monoisotopic (exact) mass is 263 g/mol. The lowest BCUT2D eigenvalue weighted by Gasteiger charge is -2.08. The Morgan fingerprint density at radius 3 is 2.56 bits per heavy atom. The summed E-state index contributed by atoms with van der Waals surface area (Å²) < 4.78 is 0. The Morgan fingerprint density at radius 2 is 2.00 bits per heavy atom. The molecular weight excluding hydrogens is 257 g/mol. The molecule has 1 amide bonds. The predicted molar refractivity (Wildman–Crippen MR) is 57.3 cm³/mol. The minimum atomic E-state index is -1.65. The topological polar surface area (TPSA) is 75.6 Å². The van der Waals surface area contributed by atoms with Gasteiger partial charge in [0.1, 0.15) is 0 Å². The van der Waals surface area contributed by atoms with Gasteiger partial charge in [-0.2, -0.15) is 0 Å². The van der Waals surface area contributed by atoms with Gasteiger partial charge in [0.2, 0.25) is 0 Å². The summed E-state index contributed by atoms with van der Waals surface area (Å²) in [5.41, 5.74) is 0.403. The van der Waals surface area contributed by atoms with Crippen LogP contribution in [0.5, 0.6) is 0 Å². The molecule has 1 aromatic carbocycles. The first-order valence-electron chi connectivity index (χ1n) is 4.09. The van der Waals surface area contributed by atoms with Crippen molar-refractivity contribution in [1.82, 2.24) is 5.48 Å². The van der Waals surface area contributed by atoms with Crippen LogP contribution in [0, 0.1) is 0 Å². The molecule has 1 rings (SSSR count). The quantitative estimate of drug-likeness (QED) is 0.640. The number of carboxylic acid groups (broad SMARTS) is 1. The number of rotatable bonds is 4. The van der Waals surface area contributed by atoms with Crippen LogP contribution in [0.15, 0.2) is 24.3 Å². The van der Waals surface area contributed by atoms with Crippen molar-refractivity contribution >= 4 is 35.1 Å². The molecule has 86 valence electrons. The molecule has 1 unspecified atom stereocenters. The second-order valence-electron chi connectivity index (χ2n) is 2.68. The summed E-state index contributed by atoms with van der Waals surface area (Å²) in [5, 5.41) is 8.61. The SMILES string of the molecule is O=C(NOC(Cl)C(=O)O)c1ccccc1Cl. The molecule has 7 heteroatoms. The maximum Gasteiger partial charge on any atom is 0.351 e. The van der Waals surface area contributed by atoms with Gasteiger partial charge in [-0.3, -0.25) is 4.79 Å². The molecule has 2 N–H and O–H groups in total. The summed E-state index contributed by atoms with van der Waals surface area (Å²) in [6.07, 6.45) is 0. The maximum atomic E-state index is 11.4. The summed E-state index contributed by atoms with van der Waals surface area (Å²) in [5.74, 6) is -2.07. The average Bonchev–Trinajstić information content (AvgIpc) is 2.25. The van der Waals surface area contributed by atoms with Crippen LogP contribution in [0.2, 0.25) is 5.02 Å². The van der Waals surface area contributed by atoms with Gasteiger partial charge in [0, 0.05) is 0 Å². The first kappa shape index (κ1) is 12.8. The van der Waals surface area contributed by atoms with Gasteiger partial charge in [-0.1, -0.05) is 35.3 Å². The zero-order valence-corrected chi connectivity index (χ0v) is 9.33. The highest BCUT2D eigenvalue weighted by atomic mass is 35.5. The van der Waals surface area contributed by atoms with Crippen molar-refractivity contribution in [3.05, 3.63) is 34.9 Å². The highest BCUT2D eigenvalue weighted by molar-refractivity contribution is 6.33. The molecule has 0 saturated heterocycles. The van der Waals surface area contributed by atoms with E-state index in [1.54, 1.807) is 12.1 Å². The number of carboxylic acids is 1. The number of hydroxylamine groups is 1. The van der Waals surface area contributed by atoms with Crippen LogP contribution >= 0.6 is 23.2 Å². The molecule has 0 bridgehead atoms. The predicted octanol–water partition coefficient (Wildman–Crippen LogP) is 1.65. The molecule has 0 heterocycles. The number of carbonyl (C=O) groups excluding carboxylic acids is 1. The Hall–Kier alpha value is -1.30. The highest BCUT2D eigenvalue weighted by Crippen LogP contribution is 2.14. The Labute approximate surface area is 101 Å². The minimum Gasteiger partial charge on any atom is -0.478 e. The lowest BCUT2D eigenvalue weighted by molar-refractivity contribution is -0.147. The number of hydrogen-bond donors (Lipinski definition) is 2. The largest absolute Gasteiger partial charge is 0.478 e. The van der Waals surface area contributed by atoms with Gasteiger partial charge in [-0.15, -0.1) is 0 Å². The second-order valence-corrected chi connectivity index (χ2v) is 3.49. The third-order valence-electron chi connectivity index (χ3n) is 1.57. The van der Waals surface area contributed by atoms with E-state index < -0.39 is 17.4 Å². The molecule has 0 aliphatic rings. The molecule has 0 saturated carbocycles. The van der Waals surface area contributed by atoms with Gasteiger partial charge in [-0.25, -0.2) is 15.1 Å². The Balaban J connectivity index is 2.60. The molecule has 0 spiro atoms. The Kier molecular flexibility index (Phi) is 4.54. The number of benzene rings is 1. The minimum absolute atomic E-state index is 0.165. The van der Waals surface area contributed by atoms with Crippen LogP contribution in [0.3, 0.4) is 0 Å². The molecule has 0 aromatic heterocycles. The van der Waals surface area contributed by atoms with Gasteiger partial charge in [0.05, 0.1) is 10.6 Å². The van der Waals surface area contributed by atoms with Crippen LogP contribution in [-0.2, 0) is 9.63 Å². The molecule has 0 radical (unpaired) electrons. The zero-order chi connectivity index (χ0) is 12.1. The van der Waals surface area contributed by atoms with Gasteiger partial charge in [-0.05, 0) is 12.1 Å². The van der Waals surface area contributed by atoms with E-state index in [1.165, 1.54) is 12.1 Å². The summed E-state index contributed by atoms with van der Waals surface area (Å²) in [7, 11) is 0. The fourth-order valence-electron chi connectivity index (χ4n) is 0.856. The zero-order valence-electron chi connectivity index (χ0n) is 7.81. The third kappa shape index (κ3) is 3.37. The van der Waals surface area contributed by atoms with Crippen molar-refractivity contribution in [2.45, 2.75) is 5.56 Å². The standard InChI is InChI=1S/C9H7Cl2NO4/c10-6-4-2-1-3-5(6)8(13)12-16-7(11)9(14)15/h1-4,7H,(H,12,13)(H,14,15). The lowest BCUT2D eigenvalue weighted by Crippen LogP contribution is -2.31.